The van der Waals surface area contributed by atoms with Crippen molar-refractivity contribution in [2.75, 3.05) is 26.2 Å². The van der Waals surface area contributed by atoms with E-state index in [2.05, 4.69) is 5.32 Å². The highest BCUT2D eigenvalue weighted by Gasteiger charge is 2.15. The third-order valence-corrected chi connectivity index (χ3v) is 3.30. The first-order valence-electron chi connectivity index (χ1n) is 6.53. The maximum atomic E-state index is 11.9. The number of nitrogens with one attached hydrogen (secondary N) is 1. The van der Waals surface area contributed by atoms with Crippen LogP contribution in [-0.2, 0) is 11.2 Å². The number of aromatic hydroxyl groups is 1. The summed E-state index contributed by atoms with van der Waals surface area (Å²) in [5.74, 6) is 0.555. The minimum Gasteiger partial charge on any atom is -0.508 e. The van der Waals surface area contributed by atoms with Gasteiger partial charge in [0.15, 0.2) is 0 Å². The molecule has 1 aliphatic rings. The van der Waals surface area contributed by atoms with Gasteiger partial charge in [-0.2, -0.15) is 0 Å². The summed E-state index contributed by atoms with van der Waals surface area (Å²) in [5.41, 5.74) is 0.922. The minimum absolute atomic E-state index is 0.229. The predicted octanol–water partition coefficient (Wildman–Crippen LogP) is 1.15. The molecule has 4 nitrogen and oxygen atoms in total. The van der Waals surface area contributed by atoms with E-state index >= 15 is 0 Å². The molecule has 0 aliphatic carbocycles. The molecular weight excluding hydrogens is 228 g/mol. The largest absolute Gasteiger partial charge is 0.508 e. The van der Waals surface area contributed by atoms with Gasteiger partial charge in [-0.15, -0.1) is 0 Å². The van der Waals surface area contributed by atoms with Gasteiger partial charge in [0.1, 0.15) is 5.75 Å². The first kappa shape index (κ1) is 12.9. The molecule has 0 bridgehead atoms. The molecule has 0 saturated carbocycles. The lowest BCUT2D eigenvalue weighted by Crippen LogP contribution is -2.46. The van der Waals surface area contributed by atoms with E-state index in [0.717, 1.165) is 44.6 Å². The Bertz CT molecular complexity index is 401. The quantitative estimate of drug-likeness (QED) is 0.840. The molecule has 1 amide bonds. The summed E-state index contributed by atoms with van der Waals surface area (Å²) in [6.45, 7) is 3.42. The zero-order chi connectivity index (χ0) is 12.8. The molecule has 0 atom stereocenters. The Hall–Kier alpha value is -1.55. The van der Waals surface area contributed by atoms with E-state index in [9.17, 15) is 9.90 Å². The summed E-state index contributed by atoms with van der Waals surface area (Å²) >= 11 is 0. The zero-order valence-electron chi connectivity index (χ0n) is 10.6. The molecule has 1 fully saturated rings. The van der Waals surface area contributed by atoms with Crippen LogP contribution in [-0.4, -0.2) is 42.1 Å². The number of aryl methyl sites for hydroxylation is 1. The molecule has 0 aromatic heterocycles. The Morgan fingerprint density at radius 1 is 1.28 bits per heavy atom. The number of phenols is 1. The van der Waals surface area contributed by atoms with Crippen LogP contribution in [0.2, 0.25) is 0 Å². The lowest BCUT2D eigenvalue weighted by molar-refractivity contribution is -0.131. The Morgan fingerprint density at radius 3 is 2.72 bits per heavy atom. The first-order chi connectivity index (χ1) is 8.77. The normalized spacial score (nSPS) is 15.7. The van der Waals surface area contributed by atoms with Gasteiger partial charge in [0.25, 0.3) is 0 Å². The molecule has 1 aromatic carbocycles. The van der Waals surface area contributed by atoms with E-state index in [4.69, 9.17) is 0 Å². The smallest absolute Gasteiger partial charge is 0.222 e. The van der Waals surface area contributed by atoms with E-state index in [-0.39, 0.29) is 5.91 Å². The molecule has 0 unspecified atom stereocenters. The summed E-state index contributed by atoms with van der Waals surface area (Å²) < 4.78 is 0. The number of piperazine rings is 1. The molecular formula is C14H20N2O2. The number of hydrogen-bond donors (Lipinski definition) is 2. The summed E-state index contributed by atoms with van der Waals surface area (Å²) in [6.07, 6.45) is 2.11. The van der Waals surface area contributed by atoms with E-state index in [1.54, 1.807) is 6.07 Å². The number of hydrogen-bond acceptors (Lipinski definition) is 3. The van der Waals surface area contributed by atoms with Gasteiger partial charge >= 0.3 is 0 Å². The number of amides is 1. The SMILES string of the molecule is O=C(CCCc1ccccc1O)N1CCNCC1. The second-order valence-electron chi connectivity index (χ2n) is 4.61. The van der Waals surface area contributed by atoms with Crippen molar-refractivity contribution in [2.45, 2.75) is 19.3 Å². The van der Waals surface area contributed by atoms with Crippen LogP contribution in [0, 0.1) is 0 Å². The van der Waals surface area contributed by atoms with Gasteiger partial charge in [0.05, 0.1) is 0 Å². The highest BCUT2D eigenvalue weighted by atomic mass is 16.3. The fourth-order valence-corrected chi connectivity index (χ4v) is 2.22. The molecule has 2 rings (SSSR count). The fourth-order valence-electron chi connectivity index (χ4n) is 2.22. The molecule has 0 spiro atoms. The monoisotopic (exact) mass is 248 g/mol. The average molecular weight is 248 g/mol. The average Bonchev–Trinajstić information content (AvgIpc) is 2.42. The highest BCUT2D eigenvalue weighted by molar-refractivity contribution is 5.76. The maximum absolute atomic E-state index is 11.9. The van der Waals surface area contributed by atoms with E-state index in [1.807, 2.05) is 23.1 Å². The zero-order valence-corrected chi connectivity index (χ0v) is 10.6. The van der Waals surface area contributed by atoms with Crippen molar-refractivity contribution in [3.05, 3.63) is 29.8 Å². The summed E-state index contributed by atoms with van der Waals surface area (Å²) in [6, 6.07) is 7.32. The van der Waals surface area contributed by atoms with Crippen LogP contribution in [0.15, 0.2) is 24.3 Å². The van der Waals surface area contributed by atoms with E-state index < -0.39 is 0 Å². The molecule has 1 saturated heterocycles. The molecule has 1 heterocycles. The van der Waals surface area contributed by atoms with Crippen LogP contribution >= 0.6 is 0 Å². The molecule has 0 radical (unpaired) electrons. The lowest BCUT2D eigenvalue weighted by atomic mass is 10.1. The predicted molar refractivity (Wildman–Crippen MR) is 70.5 cm³/mol. The standard InChI is InChI=1S/C14H20N2O2/c17-13-6-2-1-4-12(13)5-3-7-14(18)16-10-8-15-9-11-16/h1-2,4,6,15,17H,3,5,7-11H2. The van der Waals surface area contributed by atoms with Crippen LogP contribution in [0.3, 0.4) is 0 Å². The Labute approximate surface area is 108 Å². The van der Waals surface area contributed by atoms with Crippen molar-refractivity contribution >= 4 is 5.91 Å². The lowest BCUT2D eigenvalue weighted by Gasteiger charge is -2.27. The topological polar surface area (TPSA) is 52.6 Å². The van der Waals surface area contributed by atoms with Crippen LogP contribution in [0.5, 0.6) is 5.75 Å². The van der Waals surface area contributed by atoms with Gasteiger partial charge in [0, 0.05) is 32.6 Å². The number of benzene rings is 1. The minimum atomic E-state index is 0.229. The van der Waals surface area contributed by atoms with Crippen molar-refractivity contribution in [3.63, 3.8) is 0 Å². The first-order valence-corrected chi connectivity index (χ1v) is 6.53. The highest BCUT2D eigenvalue weighted by Crippen LogP contribution is 2.18. The summed E-state index contributed by atoms with van der Waals surface area (Å²) in [7, 11) is 0. The molecule has 98 valence electrons. The van der Waals surface area contributed by atoms with Crippen molar-refractivity contribution in [3.8, 4) is 5.75 Å². The number of carbonyl (C=O) groups excluding carboxylic acids is 1. The van der Waals surface area contributed by atoms with Crippen LogP contribution in [0.1, 0.15) is 18.4 Å². The number of carbonyl (C=O) groups is 1. The van der Waals surface area contributed by atoms with Gasteiger partial charge in [-0.25, -0.2) is 0 Å². The molecule has 1 aromatic rings. The third-order valence-electron chi connectivity index (χ3n) is 3.30. The second-order valence-corrected chi connectivity index (χ2v) is 4.61. The van der Waals surface area contributed by atoms with Gasteiger partial charge in [-0.05, 0) is 24.5 Å². The maximum Gasteiger partial charge on any atom is 0.222 e. The Morgan fingerprint density at radius 2 is 2.00 bits per heavy atom. The van der Waals surface area contributed by atoms with Gasteiger partial charge in [0.2, 0.25) is 5.91 Å². The van der Waals surface area contributed by atoms with Crippen molar-refractivity contribution in [1.82, 2.24) is 10.2 Å². The van der Waals surface area contributed by atoms with Crippen LogP contribution in [0.4, 0.5) is 0 Å². The molecule has 18 heavy (non-hydrogen) atoms. The fraction of sp³-hybridized carbons (Fsp3) is 0.500. The molecule has 2 N–H and O–H groups in total. The second kappa shape index (κ2) is 6.40. The molecule has 4 heteroatoms. The third kappa shape index (κ3) is 3.47. The van der Waals surface area contributed by atoms with Crippen LogP contribution in [0.25, 0.3) is 0 Å². The van der Waals surface area contributed by atoms with Crippen molar-refractivity contribution in [2.24, 2.45) is 0 Å². The van der Waals surface area contributed by atoms with Gasteiger partial charge < -0.3 is 15.3 Å². The Kier molecular flexibility index (Phi) is 4.59. The van der Waals surface area contributed by atoms with Crippen molar-refractivity contribution in [1.29, 1.82) is 0 Å². The Balaban J connectivity index is 1.75. The van der Waals surface area contributed by atoms with E-state index in [0.29, 0.717) is 12.2 Å². The van der Waals surface area contributed by atoms with Crippen molar-refractivity contribution < 1.29 is 9.90 Å². The summed E-state index contributed by atoms with van der Waals surface area (Å²) in [4.78, 5) is 13.8. The summed E-state index contributed by atoms with van der Waals surface area (Å²) in [5, 5.41) is 12.9. The number of para-hydroxylation sites is 1. The van der Waals surface area contributed by atoms with E-state index in [1.165, 1.54) is 0 Å². The van der Waals surface area contributed by atoms with Crippen LogP contribution < -0.4 is 5.32 Å². The number of rotatable bonds is 4. The van der Waals surface area contributed by atoms with Gasteiger partial charge in [-0.1, -0.05) is 18.2 Å². The molecule has 1 aliphatic heterocycles. The number of nitrogens with zero attached hydrogens (tertiary/aromatic N) is 1. The van der Waals surface area contributed by atoms with Gasteiger partial charge in [-0.3, -0.25) is 4.79 Å². The number of phenolic OH excluding ortho intramolecular Hbond substituents is 1.